The second kappa shape index (κ2) is 7.17. The van der Waals surface area contributed by atoms with E-state index in [0.717, 1.165) is 25.1 Å². The summed E-state index contributed by atoms with van der Waals surface area (Å²) < 4.78 is 5.09. The van der Waals surface area contributed by atoms with Crippen LogP contribution in [0, 0.1) is 0 Å². The fraction of sp³-hybridized carbons (Fsp3) is 0.263. The molecule has 2 aromatic carbocycles. The molecule has 2 aromatic rings. The fourth-order valence-electron chi connectivity index (χ4n) is 2.78. The number of nitrogens with one attached hydrogen (secondary N) is 1. The van der Waals surface area contributed by atoms with E-state index in [4.69, 9.17) is 4.74 Å². The van der Waals surface area contributed by atoms with Gasteiger partial charge in [-0.15, -0.1) is 0 Å². The molecule has 1 saturated heterocycles. The number of rotatable bonds is 4. The van der Waals surface area contributed by atoms with E-state index in [2.05, 4.69) is 5.32 Å². The molecular formula is C19H20N2O3. The maximum Gasteiger partial charge on any atom is 0.255 e. The van der Waals surface area contributed by atoms with E-state index in [1.807, 2.05) is 24.3 Å². The first kappa shape index (κ1) is 16.1. The van der Waals surface area contributed by atoms with Crippen LogP contribution in [0.2, 0.25) is 0 Å². The van der Waals surface area contributed by atoms with Crippen LogP contribution in [0.25, 0.3) is 0 Å². The highest BCUT2D eigenvalue weighted by molar-refractivity contribution is 6.04. The molecule has 0 bridgehead atoms. The van der Waals surface area contributed by atoms with Crippen molar-refractivity contribution in [3.8, 4) is 5.75 Å². The van der Waals surface area contributed by atoms with Crippen molar-refractivity contribution in [3.63, 3.8) is 0 Å². The number of ether oxygens (including phenoxy) is 1. The lowest BCUT2D eigenvalue weighted by molar-refractivity contribution is -0.119. The summed E-state index contributed by atoms with van der Waals surface area (Å²) >= 11 is 0. The topological polar surface area (TPSA) is 58.6 Å². The first-order valence-corrected chi connectivity index (χ1v) is 8.03. The third kappa shape index (κ3) is 3.56. The van der Waals surface area contributed by atoms with E-state index in [0.29, 0.717) is 23.4 Å². The number of carbonyl (C=O) groups is 2. The molecule has 1 aliphatic heterocycles. The lowest BCUT2D eigenvalue weighted by Gasteiger charge is -2.27. The summed E-state index contributed by atoms with van der Waals surface area (Å²) in [7, 11) is 1.59. The Labute approximate surface area is 141 Å². The van der Waals surface area contributed by atoms with E-state index < -0.39 is 0 Å². The highest BCUT2D eigenvalue weighted by atomic mass is 16.5. The van der Waals surface area contributed by atoms with Gasteiger partial charge in [0.15, 0.2) is 0 Å². The van der Waals surface area contributed by atoms with Crippen LogP contribution in [0.3, 0.4) is 0 Å². The lowest BCUT2D eigenvalue weighted by Crippen LogP contribution is -2.35. The zero-order valence-electron chi connectivity index (χ0n) is 13.6. The number of nitrogens with zero attached hydrogens (tertiary/aromatic N) is 1. The molecule has 0 aromatic heterocycles. The van der Waals surface area contributed by atoms with Crippen molar-refractivity contribution < 1.29 is 14.3 Å². The Morgan fingerprint density at radius 1 is 1.12 bits per heavy atom. The summed E-state index contributed by atoms with van der Waals surface area (Å²) in [5, 5.41) is 2.87. The smallest absolute Gasteiger partial charge is 0.255 e. The standard InChI is InChI=1S/C19H20N2O3/c1-24-17-10-8-14(9-11-17)19(23)20-15-5-4-6-16(13-15)21-12-3-2-7-18(21)22/h4-6,8-11,13H,2-3,7,12H2,1H3,(H,20,23). The van der Waals surface area contributed by atoms with Gasteiger partial charge in [-0.1, -0.05) is 6.07 Å². The fourth-order valence-corrected chi connectivity index (χ4v) is 2.78. The van der Waals surface area contributed by atoms with Crippen molar-refractivity contribution in [1.29, 1.82) is 0 Å². The zero-order valence-corrected chi connectivity index (χ0v) is 13.6. The first-order valence-electron chi connectivity index (χ1n) is 8.03. The van der Waals surface area contributed by atoms with Crippen molar-refractivity contribution in [3.05, 3.63) is 54.1 Å². The molecule has 2 amide bonds. The van der Waals surface area contributed by atoms with Gasteiger partial charge in [-0.05, 0) is 55.3 Å². The molecule has 5 heteroatoms. The summed E-state index contributed by atoms with van der Waals surface area (Å²) in [5.41, 5.74) is 2.05. The first-order chi connectivity index (χ1) is 11.7. The highest BCUT2D eigenvalue weighted by Gasteiger charge is 2.19. The number of anilines is 2. The summed E-state index contributed by atoms with van der Waals surface area (Å²) in [5.74, 6) is 0.650. The minimum Gasteiger partial charge on any atom is -0.497 e. The molecule has 1 heterocycles. The highest BCUT2D eigenvalue weighted by Crippen LogP contribution is 2.24. The predicted molar refractivity (Wildman–Crippen MR) is 93.6 cm³/mol. The van der Waals surface area contributed by atoms with Crippen LogP contribution in [0.15, 0.2) is 48.5 Å². The van der Waals surface area contributed by atoms with Crippen molar-refractivity contribution in [2.45, 2.75) is 19.3 Å². The Balaban J connectivity index is 1.73. The number of piperidine rings is 1. The van der Waals surface area contributed by atoms with Gasteiger partial charge < -0.3 is 15.0 Å². The molecule has 1 aliphatic rings. The quantitative estimate of drug-likeness (QED) is 0.937. The van der Waals surface area contributed by atoms with Crippen LogP contribution in [0.5, 0.6) is 5.75 Å². The van der Waals surface area contributed by atoms with Crippen molar-refractivity contribution in [2.75, 3.05) is 23.9 Å². The van der Waals surface area contributed by atoms with E-state index in [-0.39, 0.29) is 11.8 Å². The van der Waals surface area contributed by atoms with Crippen molar-refractivity contribution in [1.82, 2.24) is 0 Å². The average Bonchev–Trinajstić information content (AvgIpc) is 2.62. The molecule has 1 N–H and O–H groups in total. The monoisotopic (exact) mass is 324 g/mol. The molecule has 0 unspecified atom stereocenters. The zero-order chi connectivity index (χ0) is 16.9. The van der Waals surface area contributed by atoms with Crippen LogP contribution in [0.1, 0.15) is 29.6 Å². The maximum absolute atomic E-state index is 12.3. The third-order valence-corrected chi connectivity index (χ3v) is 4.09. The number of amides is 2. The summed E-state index contributed by atoms with van der Waals surface area (Å²) in [4.78, 5) is 26.2. The number of carbonyl (C=O) groups excluding carboxylic acids is 2. The van der Waals surface area contributed by atoms with Crippen LogP contribution in [-0.4, -0.2) is 25.5 Å². The summed E-state index contributed by atoms with van der Waals surface area (Å²) in [6.45, 7) is 0.731. The third-order valence-electron chi connectivity index (χ3n) is 4.09. The molecule has 0 radical (unpaired) electrons. The maximum atomic E-state index is 12.3. The van der Waals surface area contributed by atoms with E-state index >= 15 is 0 Å². The largest absolute Gasteiger partial charge is 0.497 e. The molecule has 0 saturated carbocycles. The molecule has 0 spiro atoms. The predicted octanol–water partition coefficient (Wildman–Crippen LogP) is 3.46. The summed E-state index contributed by atoms with van der Waals surface area (Å²) in [6.07, 6.45) is 2.54. The van der Waals surface area contributed by atoms with Crippen LogP contribution < -0.4 is 15.0 Å². The van der Waals surface area contributed by atoms with Crippen molar-refractivity contribution in [2.24, 2.45) is 0 Å². The minimum atomic E-state index is -0.195. The van der Waals surface area contributed by atoms with Crippen molar-refractivity contribution >= 4 is 23.2 Å². The van der Waals surface area contributed by atoms with Gasteiger partial charge in [0, 0.05) is 29.9 Å². The number of hydrogen-bond acceptors (Lipinski definition) is 3. The number of benzene rings is 2. The molecular weight excluding hydrogens is 304 g/mol. The van der Waals surface area contributed by atoms with E-state index in [1.165, 1.54) is 0 Å². The van der Waals surface area contributed by atoms with Gasteiger partial charge in [0.25, 0.3) is 5.91 Å². The molecule has 0 atom stereocenters. The SMILES string of the molecule is COc1ccc(C(=O)Nc2cccc(N3CCCCC3=O)c2)cc1. The van der Waals surface area contributed by atoms with Crippen LogP contribution >= 0.6 is 0 Å². The average molecular weight is 324 g/mol. The Morgan fingerprint density at radius 2 is 1.92 bits per heavy atom. The molecule has 24 heavy (non-hydrogen) atoms. The van der Waals surface area contributed by atoms with E-state index in [9.17, 15) is 9.59 Å². The van der Waals surface area contributed by atoms with Gasteiger partial charge in [-0.25, -0.2) is 0 Å². The Bertz CT molecular complexity index is 741. The minimum absolute atomic E-state index is 0.139. The van der Waals surface area contributed by atoms with Gasteiger partial charge in [-0.3, -0.25) is 9.59 Å². The molecule has 5 nitrogen and oxygen atoms in total. The Hall–Kier alpha value is -2.82. The van der Waals surface area contributed by atoms with Crippen LogP contribution in [0.4, 0.5) is 11.4 Å². The Morgan fingerprint density at radius 3 is 2.62 bits per heavy atom. The van der Waals surface area contributed by atoms with Gasteiger partial charge >= 0.3 is 0 Å². The van der Waals surface area contributed by atoms with Gasteiger partial charge in [0.2, 0.25) is 5.91 Å². The van der Waals surface area contributed by atoms with Gasteiger partial charge in [0.05, 0.1) is 7.11 Å². The molecule has 124 valence electrons. The van der Waals surface area contributed by atoms with E-state index in [1.54, 1.807) is 36.3 Å². The molecule has 0 aliphatic carbocycles. The second-order valence-corrected chi connectivity index (χ2v) is 5.74. The lowest BCUT2D eigenvalue weighted by atomic mass is 10.1. The Kier molecular flexibility index (Phi) is 4.79. The molecule has 3 rings (SSSR count). The number of methoxy groups -OCH3 is 1. The van der Waals surface area contributed by atoms with Gasteiger partial charge in [-0.2, -0.15) is 0 Å². The van der Waals surface area contributed by atoms with Crippen LogP contribution in [-0.2, 0) is 4.79 Å². The number of hydrogen-bond donors (Lipinski definition) is 1. The van der Waals surface area contributed by atoms with Gasteiger partial charge in [0.1, 0.15) is 5.75 Å². The summed E-state index contributed by atoms with van der Waals surface area (Å²) in [6, 6.07) is 14.3. The normalized spacial score (nSPS) is 14.4. The molecule has 1 fully saturated rings. The second-order valence-electron chi connectivity index (χ2n) is 5.74.